The summed E-state index contributed by atoms with van der Waals surface area (Å²) >= 11 is 5.75. The molecule has 0 saturated carbocycles. The van der Waals surface area contributed by atoms with Gasteiger partial charge in [-0.05, 0) is 13.3 Å². The molecule has 2 heterocycles. The normalized spacial score (nSPS) is 25.5. The van der Waals surface area contributed by atoms with E-state index >= 15 is 0 Å². The van der Waals surface area contributed by atoms with Gasteiger partial charge in [0.05, 0.1) is 6.10 Å². The second-order valence-corrected chi connectivity index (χ2v) is 4.12. The number of ether oxygens (including phenoxy) is 1. The van der Waals surface area contributed by atoms with Gasteiger partial charge in [-0.3, -0.25) is 0 Å². The predicted molar refractivity (Wildman–Crippen MR) is 59.1 cm³/mol. The van der Waals surface area contributed by atoms with Crippen molar-refractivity contribution in [3.8, 4) is 0 Å². The Hall–Kier alpha value is -0.870. The van der Waals surface area contributed by atoms with Gasteiger partial charge in [-0.15, -0.1) is 0 Å². The zero-order valence-corrected chi connectivity index (χ0v) is 9.37. The number of nitrogens with one attached hydrogen (secondary N) is 1. The second kappa shape index (κ2) is 4.77. The average molecular weight is 228 g/mol. The lowest BCUT2D eigenvalue weighted by Crippen LogP contribution is -2.21. The van der Waals surface area contributed by atoms with Gasteiger partial charge in [-0.1, -0.05) is 11.6 Å². The summed E-state index contributed by atoms with van der Waals surface area (Å²) in [6, 6.07) is 1.72. The number of aromatic nitrogens is 2. The molecule has 1 aromatic heterocycles. The van der Waals surface area contributed by atoms with Crippen LogP contribution in [-0.2, 0) is 4.74 Å². The predicted octanol–water partition coefficient (Wildman–Crippen LogP) is 1.97. The van der Waals surface area contributed by atoms with E-state index in [1.807, 2.05) is 0 Å². The molecule has 1 N–H and O–H groups in total. The van der Waals surface area contributed by atoms with E-state index in [4.69, 9.17) is 16.3 Å². The van der Waals surface area contributed by atoms with Crippen LogP contribution in [0, 0.1) is 5.92 Å². The molecule has 0 aromatic carbocycles. The van der Waals surface area contributed by atoms with Crippen molar-refractivity contribution in [2.45, 2.75) is 19.4 Å². The molecule has 0 bridgehead atoms. The molecular weight excluding hydrogens is 214 g/mol. The number of halogens is 1. The molecular formula is C10H14ClN3O. The van der Waals surface area contributed by atoms with E-state index in [2.05, 4.69) is 22.2 Å². The lowest BCUT2D eigenvalue weighted by Gasteiger charge is -2.14. The highest BCUT2D eigenvalue weighted by atomic mass is 35.5. The van der Waals surface area contributed by atoms with Gasteiger partial charge in [-0.25, -0.2) is 9.97 Å². The third kappa shape index (κ3) is 2.79. The third-order valence-electron chi connectivity index (χ3n) is 2.71. The van der Waals surface area contributed by atoms with Crippen molar-refractivity contribution in [3.05, 3.63) is 17.5 Å². The Labute approximate surface area is 94.0 Å². The molecule has 2 rings (SSSR count). The van der Waals surface area contributed by atoms with Crippen LogP contribution in [0.25, 0.3) is 0 Å². The summed E-state index contributed by atoms with van der Waals surface area (Å²) < 4.78 is 5.48. The third-order valence-corrected chi connectivity index (χ3v) is 2.92. The Kier molecular flexibility index (Phi) is 3.38. The highest BCUT2D eigenvalue weighted by Crippen LogP contribution is 2.20. The molecule has 15 heavy (non-hydrogen) atoms. The Bertz CT molecular complexity index is 334. The zero-order chi connectivity index (χ0) is 10.7. The molecule has 1 fully saturated rings. The molecule has 0 radical (unpaired) electrons. The van der Waals surface area contributed by atoms with Gasteiger partial charge in [0.1, 0.15) is 17.3 Å². The first-order chi connectivity index (χ1) is 7.25. The number of nitrogens with zero attached hydrogens (tertiary/aromatic N) is 2. The second-order valence-electron chi connectivity index (χ2n) is 3.73. The first-order valence-electron chi connectivity index (χ1n) is 5.09. The fraction of sp³-hybridized carbons (Fsp3) is 0.600. The minimum absolute atomic E-state index is 0.329. The van der Waals surface area contributed by atoms with Crippen LogP contribution in [0.5, 0.6) is 0 Å². The molecule has 5 heteroatoms. The van der Waals surface area contributed by atoms with Gasteiger partial charge in [0.2, 0.25) is 0 Å². The molecule has 1 aliphatic rings. The summed E-state index contributed by atoms with van der Waals surface area (Å²) in [5, 5.41) is 3.70. The SMILES string of the molecule is CC1OCCC1CNc1cc(Cl)ncn1. The fourth-order valence-corrected chi connectivity index (χ4v) is 1.86. The van der Waals surface area contributed by atoms with Gasteiger partial charge in [0.15, 0.2) is 0 Å². The average Bonchev–Trinajstić information content (AvgIpc) is 2.61. The van der Waals surface area contributed by atoms with Gasteiger partial charge >= 0.3 is 0 Å². The van der Waals surface area contributed by atoms with E-state index < -0.39 is 0 Å². The van der Waals surface area contributed by atoms with Crippen LogP contribution in [0.1, 0.15) is 13.3 Å². The standard InChI is InChI=1S/C10H14ClN3O/c1-7-8(2-3-15-7)5-12-10-4-9(11)13-6-14-10/h4,6-8H,2-3,5H2,1H3,(H,12,13,14). The molecule has 2 atom stereocenters. The van der Waals surface area contributed by atoms with Crippen LogP contribution in [-0.4, -0.2) is 29.2 Å². The summed E-state index contributed by atoms with van der Waals surface area (Å²) in [6.45, 7) is 3.83. The van der Waals surface area contributed by atoms with Crippen molar-refractivity contribution >= 4 is 17.4 Å². The van der Waals surface area contributed by atoms with Crippen molar-refractivity contribution in [1.29, 1.82) is 0 Å². The van der Waals surface area contributed by atoms with Gasteiger partial charge in [0.25, 0.3) is 0 Å². The van der Waals surface area contributed by atoms with Crippen molar-refractivity contribution in [1.82, 2.24) is 9.97 Å². The minimum Gasteiger partial charge on any atom is -0.378 e. The molecule has 1 aliphatic heterocycles. The highest BCUT2D eigenvalue weighted by Gasteiger charge is 2.23. The Morgan fingerprint density at radius 1 is 1.60 bits per heavy atom. The number of hydrogen-bond donors (Lipinski definition) is 1. The number of rotatable bonds is 3. The van der Waals surface area contributed by atoms with E-state index in [-0.39, 0.29) is 0 Å². The monoisotopic (exact) mass is 227 g/mol. The van der Waals surface area contributed by atoms with Crippen molar-refractivity contribution in [2.75, 3.05) is 18.5 Å². The molecule has 82 valence electrons. The smallest absolute Gasteiger partial charge is 0.134 e. The maximum absolute atomic E-state index is 5.75. The van der Waals surface area contributed by atoms with E-state index in [1.165, 1.54) is 6.33 Å². The molecule has 4 nitrogen and oxygen atoms in total. The first-order valence-corrected chi connectivity index (χ1v) is 5.46. The summed E-state index contributed by atoms with van der Waals surface area (Å²) in [7, 11) is 0. The first kappa shape index (κ1) is 10.6. The van der Waals surface area contributed by atoms with Crippen molar-refractivity contribution < 1.29 is 4.74 Å². The maximum atomic E-state index is 5.75. The zero-order valence-electron chi connectivity index (χ0n) is 8.61. The molecule has 0 aliphatic carbocycles. The van der Waals surface area contributed by atoms with Crippen LogP contribution in [0.4, 0.5) is 5.82 Å². The number of hydrogen-bond acceptors (Lipinski definition) is 4. The number of anilines is 1. The molecule has 1 aromatic rings. The fourth-order valence-electron chi connectivity index (χ4n) is 1.71. The summed E-state index contributed by atoms with van der Waals surface area (Å²) in [5.41, 5.74) is 0. The summed E-state index contributed by atoms with van der Waals surface area (Å²) in [4.78, 5) is 7.90. The molecule has 0 spiro atoms. The quantitative estimate of drug-likeness (QED) is 0.802. The Morgan fingerprint density at radius 3 is 3.13 bits per heavy atom. The van der Waals surface area contributed by atoms with Crippen molar-refractivity contribution in [2.24, 2.45) is 5.92 Å². The topological polar surface area (TPSA) is 47.0 Å². The van der Waals surface area contributed by atoms with Gasteiger partial charge in [0, 0.05) is 25.1 Å². The lowest BCUT2D eigenvalue weighted by atomic mass is 10.0. The van der Waals surface area contributed by atoms with Gasteiger partial charge in [-0.2, -0.15) is 0 Å². The molecule has 2 unspecified atom stereocenters. The van der Waals surface area contributed by atoms with Crippen LogP contribution >= 0.6 is 11.6 Å². The van der Waals surface area contributed by atoms with Crippen LogP contribution in [0.3, 0.4) is 0 Å². The van der Waals surface area contributed by atoms with E-state index in [9.17, 15) is 0 Å². The highest BCUT2D eigenvalue weighted by molar-refractivity contribution is 6.29. The minimum atomic E-state index is 0.329. The van der Waals surface area contributed by atoms with Crippen LogP contribution in [0.2, 0.25) is 5.15 Å². The lowest BCUT2D eigenvalue weighted by molar-refractivity contribution is 0.108. The van der Waals surface area contributed by atoms with Crippen molar-refractivity contribution in [3.63, 3.8) is 0 Å². The van der Waals surface area contributed by atoms with E-state index in [0.29, 0.717) is 17.2 Å². The largest absolute Gasteiger partial charge is 0.378 e. The van der Waals surface area contributed by atoms with Gasteiger partial charge < -0.3 is 10.1 Å². The van der Waals surface area contributed by atoms with Crippen LogP contribution < -0.4 is 5.32 Å². The van der Waals surface area contributed by atoms with E-state index in [1.54, 1.807) is 6.07 Å². The summed E-state index contributed by atoms with van der Waals surface area (Å²) in [5.74, 6) is 1.33. The molecule has 1 saturated heterocycles. The van der Waals surface area contributed by atoms with Crippen LogP contribution in [0.15, 0.2) is 12.4 Å². The maximum Gasteiger partial charge on any atom is 0.134 e. The summed E-state index contributed by atoms with van der Waals surface area (Å²) in [6.07, 6.45) is 2.89. The van der Waals surface area contributed by atoms with E-state index in [0.717, 1.165) is 25.4 Å². The Balaban J connectivity index is 1.87. The molecule has 0 amide bonds. The Morgan fingerprint density at radius 2 is 2.47 bits per heavy atom.